The van der Waals surface area contributed by atoms with Gasteiger partial charge in [-0.15, -0.1) is 0 Å². The topological polar surface area (TPSA) is 20.2 Å². The third-order valence-electron chi connectivity index (χ3n) is 7.40. The average Bonchev–Trinajstić information content (AvgIpc) is 2.81. The summed E-state index contributed by atoms with van der Waals surface area (Å²) in [5.41, 5.74) is 2.47. The van der Waals surface area contributed by atoms with E-state index in [1.54, 1.807) is 5.57 Å². The molecule has 0 spiro atoms. The fourth-order valence-corrected chi connectivity index (χ4v) is 6.12. The molecule has 0 radical (unpaired) electrons. The number of aliphatic hydroxyl groups is 1. The maximum atomic E-state index is 10.00. The van der Waals surface area contributed by atoms with E-state index >= 15 is 0 Å². The van der Waals surface area contributed by atoms with Crippen LogP contribution in [0.25, 0.3) is 0 Å². The molecule has 0 bridgehead atoms. The van der Waals surface area contributed by atoms with Crippen molar-refractivity contribution in [2.45, 2.75) is 64.9 Å². The molecule has 0 aromatic heterocycles. The smallest absolute Gasteiger partial charge is 0.0577 e. The van der Waals surface area contributed by atoms with Gasteiger partial charge < -0.3 is 5.11 Å². The molecule has 1 nitrogen and oxygen atoms in total. The van der Waals surface area contributed by atoms with Crippen LogP contribution in [0.5, 0.6) is 0 Å². The van der Waals surface area contributed by atoms with Crippen LogP contribution in [-0.4, -0.2) is 11.2 Å². The maximum Gasteiger partial charge on any atom is 0.0577 e. The van der Waals surface area contributed by atoms with Crippen molar-refractivity contribution in [1.82, 2.24) is 0 Å². The number of rotatable bonds is 0. The summed E-state index contributed by atoms with van der Waals surface area (Å²) in [7, 11) is 0. The molecule has 1 N–H and O–H groups in total. The molecule has 110 valence electrons. The van der Waals surface area contributed by atoms with Crippen LogP contribution in [0.4, 0.5) is 0 Å². The second-order valence-electron chi connectivity index (χ2n) is 8.34. The summed E-state index contributed by atoms with van der Waals surface area (Å²) in [6.45, 7) is 5.00. The van der Waals surface area contributed by atoms with E-state index in [1.165, 1.54) is 32.1 Å². The highest BCUT2D eigenvalue weighted by Crippen LogP contribution is 2.63. The molecule has 20 heavy (non-hydrogen) atoms. The molecule has 0 unspecified atom stereocenters. The molecule has 6 atom stereocenters. The van der Waals surface area contributed by atoms with Gasteiger partial charge in [-0.2, -0.15) is 0 Å². The molecule has 0 saturated heterocycles. The second-order valence-corrected chi connectivity index (χ2v) is 8.34. The van der Waals surface area contributed by atoms with Gasteiger partial charge in [0.15, 0.2) is 0 Å². The first-order chi connectivity index (χ1) is 9.53. The van der Waals surface area contributed by atoms with Gasteiger partial charge in [0, 0.05) is 0 Å². The normalized spacial score (nSPS) is 53.9. The van der Waals surface area contributed by atoms with Crippen molar-refractivity contribution in [2.24, 2.45) is 28.6 Å². The van der Waals surface area contributed by atoms with Gasteiger partial charge in [0.1, 0.15) is 0 Å². The lowest BCUT2D eigenvalue weighted by atomic mass is 9.48. The summed E-state index contributed by atoms with van der Waals surface area (Å²) in [4.78, 5) is 0. The van der Waals surface area contributed by atoms with Crippen LogP contribution in [0.15, 0.2) is 23.8 Å². The second kappa shape index (κ2) is 4.22. The first-order valence-corrected chi connectivity index (χ1v) is 8.58. The molecule has 0 heterocycles. The lowest BCUT2D eigenvalue weighted by Crippen LogP contribution is -2.49. The first-order valence-electron chi connectivity index (χ1n) is 8.58. The molecule has 0 aliphatic heterocycles. The zero-order valence-electron chi connectivity index (χ0n) is 12.9. The molecular formula is C19H28O. The molecule has 2 saturated carbocycles. The van der Waals surface area contributed by atoms with Crippen LogP contribution in [0.1, 0.15) is 58.8 Å². The standard InChI is InChI=1S/C19H28O/c1-18-9-3-4-16(18)15-6-5-13-12-14(20)7-11-19(13,2)17(15)8-10-18/h3,5,9,14-17,20H,4,6-8,10-12H2,1-2H3/t14-,15+,16+,17+,18+,19+/m1/s1. The van der Waals surface area contributed by atoms with Gasteiger partial charge in [-0.05, 0) is 73.5 Å². The highest BCUT2D eigenvalue weighted by Gasteiger charge is 2.54. The lowest BCUT2D eigenvalue weighted by Gasteiger charge is -2.57. The zero-order valence-corrected chi connectivity index (χ0v) is 12.9. The minimum Gasteiger partial charge on any atom is -0.393 e. The van der Waals surface area contributed by atoms with Gasteiger partial charge >= 0.3 is 0 Å². The first kappa shape index (κ1) is 13.1. The molecule has 4 aliphatic carbocycles. The Kier molecular flexibility index (Phi) is 2.77. The van der Waals surface area contributed by atoms with Gasteiger partial charge in [0.05, 0.1) is 6.10 Å². The van der Waals surface area contributed by atoms with Crippen molar-refractivity contribution in [3.8, 4) is 0 Å². The van der Waals surface area contributed by atoms with E-state index in [1.807, 2.05) is 0 Å². The van der Waals surface area contributed by atoms with Crippen LogP contribution >= 0.6 is 0 Å². The summed E-state index contributed by atoms with van der Waals surface area (Å²) in [6, 6.07) is 0. The van der Waals surface area contributed by atoms with Crippen LogP contribution in [0.2, 0.25) is 0 Å². The van der Waals surface area contributed by atoms with Crippen LogP contribution in [0.3, 0.4) is 0 Å². The summed E-state index contributed by atoms with van der Waals surface area (Å²) in [5.74, 6) is 2.63. The van der Waals surface area contributed by atoms with Gasteiger partial charge in [0.2, 0.25) is 0 Å². The highest BCUT2D eigenvalue weighted by molar-refractivity contribution is 5.26. The third kappa shape index (κ3) is 1.65. The van der Waals surface area contributed by atoms with Crippen LogP contribution in [0, 0.1) is 28.6 Å². The van der Waals surface area contributed by atoms with E-state index < -0.39 is 0 Å². The Bertz CT molecular complexity index is 476. The summed E-state index contributed by atoms with van der Waals surface area (Å²) >= 11 is 0. The van der Waals surface area contributed by atoms with E-state index in [-0.39, 0.29) is 6.10 Å². The predicted molar refractivity (Wildman–Crippen MR) is 82.2 cm³/mol. The Labute approximate surface area is 123 Å². The Morgan fingerprint density at radius 1 is 1.10 bits per heavy atom. The number of hydrogen-bond donors (Lipinski definition) is 1. The van der Waals surface area contributed by atoms with Gasteiger partial charge in [-0.25, -0.2) is 0 Å². The van der Waals surface area contributed by atoms with E-state index in [9.17, 15) is 5.11 Å². The van der Waals surface area contributed by atoms with Crippen molar-refractivity contribution in [3.63, 3.8) is 0 Å². The van der Waals surface area contributed by atoms with E-state index in [0.717, 1.165) is 30.6 Å². The van der Waals surface area contributed by atoms with E-state index in [0.29, 0.717) is 10.8 Å². The molecule has 0 amide bonds. The van der Waals surface area contributed by atoms with E-state index in [4.69, 9.17) is 0 Å². The molecule has 4 rings (SSSR count). The van der Waals surface area contributed by atoms with Crippen molar-refractivity contribution in [1.29, 1.82) is 0 Å². The Morgan fingerprint density at radius 3 is 2.80 bits per heavy atom. The Balaban J connectivity index is 1.68. The van der Waals surface area contributed by atoms with Crippen molar-refractivity contribution < 1.29 is 5.11 Å². The van der Waals surface area contributed by atoms with Crippen LogP contribution in [-0.2, 0) is 0 Å². The van der Waals surface area contributed by atoms with Crippen molar-refractivity contribution in [2.75, 3.05) is 0 Å². The molecule has 0 aromatic carbocycles. The summed E-state index contributed by atoms with van der Waals surface area (Å²) in [5, 5.41) is 10.00. The van der Waals surface area contributed by atoms with Crippen LogP contribution < -0.4 is 0 Å². The average molecular weight is 272 g/mol. The quantitative estimate of drug-likeness (QED) is 0.645. The predicted octanol–water partition coefficient (Wildman–Crippen LogP) is 4.48. The molecule has 4 aliphatic rings. The Morgan fingerprint density at radius 2 is 1.95 bits per heavy atom. The minimum absolute atomic E-state index is 0.0760. The minimum atomic E-state index is -0.0760. The number of allylic oxidation sites excluding steroid dienone is 3. The number of hydrogen-bond acceptors (Lipinski definition) is 1. The largest absolute Gasteiger partial charge is 0.393 e. The fraction of sp³-hybridized carbons (Fsp3) is 0.789. The van der Waals surface area contributed by atoms with Gasteiger partial charge in [-0.3, -0.25) is 0 Å². The van der Waals surface area contributed by atoms with E-state index in [2.05, 4.69) is 32.1 Å². The van der Waals surface area contributed by atoms with Gasteiger partial charge in [-0.1, -0.05) is 37.6 Å². The monoisotopic (exact) mass is 272 g/mol. The third-order valence-corrected chi connectivity index (χ3v) is 7.40. The lowest BCUT2D eigenvalue weighted by molar-refractivity contribution is -0.0263. The van der Waals surface area contributed by atoms with Gasteiger partial charge in [0.25, 0.3) is 0 Å². The summed E-state index contributed by atoms with van der Waals surface area (Å²) < 4.78 is 0. The summed E-state index contributed by atoms with van der Waals surface area (Å²) in [6.07, 6.45) is 15.9. The van der Waals surface area contributed by atoms with Crippen molar-refractivity contribution in [3.05, 3.63) is 23.8 Å². The molecule has 1 heteroatoms. The number of fused-ring (bicyclic) bond motifs is 5. The zero-order chi connectivity index (χ0) is 14.0. The molecule has 0 aromatic rings. The molecule has 2 fully saturated rings. The maximum absolute atomic E-state index is 10.00. The fourth-order valence-electron chi connectivity index (χ4n) is 6.12. The highest BCUT2D eigenvalue weighted by atomic mass is 16.3. The number of aliphatic hydroxyl groups excluding tert-OH is 1. The molecular weight excluding hydrogens is 244 g/mol. The van der Waals surface area contributed by atoms with Crippen molar-refractivity contribution >= 4 is 0 Å². The SMILES string of the molecule is C[C@@]12C=CC[C@H]1[C@@H]1CC=C3C[C@H](O)CC[C@]3(C)[C@H]1CC2. The Hall–Kier alpha value is -0.560.